The molecule has 0 aliphatic rings. The molecule has 0 heterocycles. The van der Waals surface area contributed by atoms with E-state index in [1.807, 2.05) is 0 Å². The molecule has 0 spiro atoms. The minimum atomic E-state index is 0.244. The van der Waals surface area contributed by atoms with Crippen molar-refractivity contribution in [2.75, 3.05) is 0 Å². The molecule has 3 N–H and O–H groups in total. The topological polar surface area (TPSA) is 58.6 Å². The van der Waals surface area contributed by atoms with Gasteiger partial charge in [0.25, 0.3) is 0 Å². The van der Waals surface area contributed by atoms with E-state index in [4.69, 9.17) is 10.8 Å². The van der Waals surface area contributed by atoms with Crippen molar-refractivity contribution in [2.45, 2.75) is 19.8 Å². The summed E-state index contributed by atoms with van der Waals surface area (Å²) in [5.41, 5.74) is 6.42. The Labute approximate surface area is 77.9 Å². The van der Waals surface area contributed by atoms with Crippen LogP contribution in [0.5, 0.6) is 5.75 Å². The quantitative estimate of drug-likeness (QED) is 0.550. The van der Waals surface area contributed by atoms with Gasteiger partial charge in [-0.1, -0.05) is 6.92 Å². The Bertz CT molecular complexity index is 290. The van der Waals surface area contributed by atoms with Crippen molar-refractivity contribution in [1.29, 1.82) is 0 Å². The van der Waals surface area contributed by atoms with E-state index in [0.717, 1.165) is 18.5 Å². The van der Waals surface area contributed by atoms with Crippen molar-refractivity contribution >= 4 is 11.5 Å². The van der Waals surface area contributed by atoms with Crippen LogP contribution < -0.4 is 5.73 Å². The second kappa shape index (κ2) is 4.50. The molecule has 1 aromatic carbocycles. The second-order valence-electron chi connectivity index (χ2n) is 2.87. The Balaban J connectivity index is 2.73. The third-order valence-electron chi connectivity index (χ3n) is 1.63. The first-order chi connectivity index (χ1) is 6.22. The lowest BCUT2D eigenvalue weighted by atomic mass is 10.3. The van der Waals surface area contributed by atoms with Gasteiger partial charge in [-0.25, -0.2) is 4.99 Å². The third-order valence-corrected chi connectivity index (χ3v) is 1.63. The average molecular weight is 178 g/mol. The summed E-state index contributed by atoms with van der Waals surface area (Å²) in [7, 11) is 0. The maximum absolute atomic E-state index is 9.01. The normalized spacial score (nSPS) is 11.6. The molecule has 0 amide bonds. The van der Waals surface area contributed by atoms with Crippen LogP contribution in [0.2, 0.25) is 0 Å². The van der Waals surface area contributed by atoms with E-state index in [2.05, 4.69) is 11.9 Å². The standard InChI is InChI=1S/C10H14N2O/c1-2-3-10(11)12-8-4-6-9(13)7-5-8/h4-7,13H,2-3H2,1H3,(H2,11,12). The predicted octanol–water partition coefficient (Wildman–Crippen LogP) is 2.18. The van der Waals surface area contributed by atoms with Gasteiger partial charge >= 0.3 is 0 Å². The number of phenolic OH excluding ortho intramolecular Hbond substituents is 1. The van der Waals surface area contributed by atoms with E-state index in [1.54, 1.807) is 24.3 Å². The fourth-order valence-corrected chi connectivity index (χ4v) is 1.01. The molecule has 0 radical (unpaired) electrons. The maximum atomic E-state index is 9.01. The number of benzene rings is 1. The smallest absolute Gasteiger partial charge is 0.115 e. The van der Waals surface area contributed by atoms with E-state index < -0.39 is 0 Å². The molecular weight excluding hydrogens is 164 g/mol. The highest BCUT2D eigenvalue weighted by atomic mass is 16.3. The van der Waals surface area contributed by atoms with Crippen LogP contribution in [0.3, 0.4) is 0 Å². The molecule has 0 fully saturated rings. The van der Waals surface area contributed by atoms with Crippen molar-refractivity contribution in [3.8, 4) is 5.75 Å². The van der Waals surface area contributed by atoms with Crippen LogP contribution in [0.1, 0.15) is 19.8 Å². The molecule has 0 saturated heterocycles. The lowest BCUT2D eigenvalue weighted by molar-refractivity contribution is 0.475. The summed E-state index contributed by atoms with van der Waals surface area (Å²) in [5, 5.41) is 9.01. The van der Waals surface area contributed by atoms with Crippen molar-refractivity contribution in [2.24, 2.45) is 10.7 Å². The van der Waals surface area contributed by atoms with Crippen molar-refractivity contribution < 1.29 is 5.11 Å². The number of hydrogen-bond acceptors (Lipinski definition) is 2. The number of amidine groups is 1. The summed E-state index contributed by atoms with van der Waals surface area (Å²) in [6.07, 6.45) is 1.80. The maximum Gasteiger partial charge on any atom is 0.115 e. The summed E-state index contributed by atoms with van der Waals surface area (Å²) < 4.78 is 0. The fourth-order valence-electron chi connectivity index (χ4n) is 1.01. The lowest BCUT2D eigenvalue weighted by Crippen LogP contribution is -2.09. The van der Waals surface area contributed by atoms with E-state index in [9.17, 15) is 0 Å². The molecule has 1 aromatic rings. The minimum Gasteiger partial charge on any atom is -0.508 e. The van der Waals surface area contributed by atoms with Gasteiger partial charge < -0.3 is 10.8 Å². The lowest BCUT2D eigenvalue weighted by Gasteiger charge is -1.98. The zero-order chi connectivity index (χ0) is 9.68. The van der Waals surface area contributed by atoms with Gasteiger partial charge in [0.05, 0.1) is 11.5 Å². The number of rotatable bonds is 3. The third kappa shape index (κ3) is 3.15. The first-order valence-corrected chi connectivity index (χ1v) is 4.34. The van der Waals surface area contributed by atoms with E-state index in [1.165, 1.54) is 0 Å². The highest BCUT2D eigenvalue weighted by molar-refractivity contribution is 5.83. The van der Waals surface area contributed by atoms with Gasteiger partial charge in [0.2, 0.25) is 0 Å². The zero-order valence-electron chi connectivity index (χ0n) is 7.70. The Hall–Kier alpha value is -1.51. The minimum absolute atomic E-state index is 0.244. The summed E-state index contributed by atoms with van der Waals surface area (Å²) >= 11 is 0. The summed E-state index contributed by atoms with van der Waals surface area (Å²) in [5.74, 6) is 0.876. The first kappa shape index (κ1) is 9.58. The van der Waals surface area contributed by atoms with Crippen molar-refractivity contribution in [3.05, 3.63) is 24.3 Å². The Kier molecular flexibility index (Phi) is 3.31. The van der Waals surface area contributed by atoms with Crippen LogP contribution in [0, 0.1) is 0 Å². The second-order valence-corrected chi connectivity index (χ2v) is 2.87. The number of nitrogens with zero attached hydrogens (tertiary/aromatic N) is 1. The highest BCUT2D eigenvalue weighted by Crippen LogP contribution is 2.16. The van der Waals surface area contributed by atoms with E-state index in [-0.39, 0.29) is 5.75 Å². The van der Waals surface area contributed by atoms with Crippen molar-refractivity contribution in [1.82, 2.24) is 0 Å². The molecule has 0 atom stereocenters. The van der Waals surface area contributed by atoms with Gasteiger partial charge in [0, 0.05) is 6.42 Å². The van der Waals surface area contributed by atoms with Gasteiger partial charge in [0.1, 0.15) is 5.75 Å². The van der Waals surface area contributed by atoms with E-state index in [0.29, 0.717) is 5.84 Å². The van der Waals surface area contributed by atoms with Gasteiger partial charge in [-0.2, -0.15) is 0 Å². The van der Waals surface area contributed by atoms with Crippen LogP contribution in [0.4, 0.5) is 5.69 Å². The Morgan fingerprint density at radius 2 is 2.00 bits per heavy atom. The molecule has 3 heteroatoms. The predicted molar refractivity (Wildman–Crippen MR) is 54.3 cm³/mol. The fraction of sp³-hybridized carbons (Fsp3) is 0.300. The molecule has 0 bridgehead atoms. The molecular formula is C10H14N2O. The number of aromatic hydroxyl groups is 1. The van der Waals surface area contributed by atoms with Gasteiger partial charge in [0.15, 0.2) is 0 Å². The summed E-state index contributed by atoms with van der Waals surface area (Å²) in [4.78, 5) is 4.17. The number of aliphatic imine (C=N–C) groups is 1. The summed E-state index contributed by atoms with van der Waals surface area (Å²) in [6, 6.07) is 6.66. The van der Waals surface area contributed by atoms with Crippen LogP contribution in [0.15, 0.2) is 29.3 Å². The molecule has 13 heavy (non-hydrogen) atoms. The van der Waals surface area contributed by atoms with Crippen LogP contribution in [-0.2, 0) is 0 Å². The number of nitrogens with two attached hydrogens (primary N) is 1. The first-order valence-electron chi connectivity index (χ1n) is 4.34. The Morgan fingerprint density at radius 3 is 2.54 bits per heavy atom. The largest absolute Gasteiger partial charge is 0.508 e. The van der Waals surface area contributed by atoms with Gasteiger partial charge in [-0.05, 0) is 30.7 Å². The van der Waals surface area contributed by atoms with Crippen LogP contribution >= 0.6 is 0 Å². The summed E-state index contributed by atoms with van der Waals surface area (Å²) in [6.45, 7) is 2.05. The zero-order valence-corrected chi connectivity index (χ0v) is 7.70. The number of phenols is 1. The average Bonchev–Trinajstić information content (AvgIpc) is 2.09. The monoisotopic (exact) mass is 178 g/mol. The molecule has 0 unspecified atom stereocenters. The van der Waals surface area contributed by atoms with Gasteiger partial charge in [-0.15, -0.1) is 0 Å². The molecule has 0 aliphatic heterocycles. The SMILES string of the molecule is CCCC(N)=Nc1ccc(O)cc1. The van der Waals surface area contributed by atoms with Gasteiger partial charge in [-0.3, -0.25) is 0 Å². The van der Waals surface area contributed by atoms with Crippen LogP contribution in [-0.4, -0.2) is 10.9 Å². The molecule has 0 saturated carbocycles. The van der Waals surface area contributed by atoms with Crippen molar-refractivity contribution in [3.63, 3.8) is 0 Å². The molecule has 1 rings (SSSR count). The highest BCUT2D eigenvalue weighted by Gasteiger charge is 1.92. The van der Waals surface area contributed by atoms with E-state index >= 15 is 0 Å². The number of hydrogen-bond donors (Lipinski definition) is 2. The molecule has 0 aromatic heterocycles. The molecule has 0 aliphatic carbocycles. The molecule has 3 nitrogen and oxygen atoms in total. The Morgan fingerprint density at radius 1 is 1.38 bits per heavy atom. The molecule has 70 valence electrons. The van der Waals surface area contributed by atoms with Crippen LogP contribution in [0.25, 0.3) is 0 Å².